The highest BCUT2D eigenvalue weighted by Gasteiger charge is 2.12. The van der Waals surface area contributed by atoms with Crippen molar-refractivity contribution in [2.45, 2.75) is 6.61 Å². The standard InChI is InChI=1S/C12H8Cl3NO/c13-8-2-3-9(14)12(15)11(8)10-4-1-7(6-17)5-16-10/h1-5,17H,6H2. The summed E-state index contributed by atoms with van der Waals surface area (Å²) in [7, 11) is 0. The zero-order valence-corrected chi connectivity index (χ0v) is 10.9. The first kappa shape index (κ1) is 12.7. The smallest absolute Gasteiger partial charge is 0.0732 e. The Bertz CT molecular complexity index is 540. The maximum atomic E-state index is 8.94. The van der Waals surface area contributed by atoms with Crippen LogP contribution < -0.4 is 0 Å². The van der Waals surface area contributed by atoms with E-state index in [2.05, 4.69) is 4.98 Å². The van der Waals surface area contributed by atoms with Gasteiger partial charge in [-0.25, -0.2) is 0 Å². The third-order valence-corrected chi connectivity index (χ3v) is 3.43. The van der Waals surface area contributed by atoms with Crippen LogP contribution in [-0.2, 0) is 6.61 Å². The van der Waals surface area contributed by atoms with Gasteiger partial charge in [0.15, 0.2) is 0 Å². The average molecular weight is 289 g/mol. The Morgan fingerprint density at radius 1 is 1.00 bits per heavy atom. The fourth-order valence-corrected chi connectivity index (χ4v) is 2.15. The average Bonchev–Trinajstić information content (AvgIpc) is 2.35. The van der Waals surface area contributed by atoms with Gasteiger partial charge in [0.1, 0.15) is 0 Å². The van der Waals surface area contributed by atoms with Crippen LogP contribution in [-0.4, -0.2) is 10.1 Å². The summed E-state index contributed by atoms with van der Waals surface area (Å²) in [6, 6.07) is 6.81. The highest BCUT2D eigenvalue weighted by molar-refractivity contribution is 6.46. The van der Waals surface area contributed by atoms with Crippen molar-refractivity contribution in [3.05, 3.63) is 51.1 Å². The van der Waals surface area contributed by atoms with Crippen molar-refractivity contribution in [3.8, 4) is 11.3 Å². The normalized spacial score (nSPS) is 10.6. The topological polar surface area (TPSA) is 33.1 Å². The van der Waals surface area contributed by atoms with Crippen LogP contribution in [0.3, 0.4) is 0 Å². The molecular formula is C12H8Cl3NO. The summed E-state index contributed by atoms with van der Waals surface area (Å²) in [5.74, 6) is 0. The van der Waals surface area contributed by atoms with Crippen LogP contribution in [0.1, 0.15) is 5.56 Å². The Kier molecular flexibility index (Phi) is 3.89. The summed E-state index contributed by atoms with van der Waals surface area (Å²) < 4.78 is 0. The Morgan fingerprint density at radius 3 is 2.29 bits per heavy atom. The van der Waals surface area contributed by atoms with Gasteiger partial charge in [0.25, 0.3) is 0 Å². The van der Waals surface area contributed by atoms with Gasteiger partial charge in [0.05, 0.1) is 27.4 Å². The second kappa shape index (κ2) is 5.23. The predicted octanol–water partition coefficient (Wildman–Crippen LogP) is 4.20. The maximum Gasteiger partial charge on any atom is 0.0732 e. The van der Waals surface area contributed by atoms with E-state index in [9.17, 15) is 0 Å². The minimum Gasteiger partial charge on any atom is -0.392 e. The maximum absolute atomic E-state index is 8.94. The molecule has 1 aromatic heterocycles. The Hall–Kier alpha value is -0.800. The molecule has 0 aliphatic rings. The van der Waals surface area contributed by atoms with Crippen LogP contribution in [0, 0.1) is 0 Å². The first-order chi connectivity index (χ1) is 8.13. The lowest BCUT2D eigenvalue weighted by Crippen LogP contribution is -1.90. The number of hydrogen-bond donors (Lipinski definition) is 1. The molecule has 0 saturated carbocycles. The summed E-state index contributed by atoms with van der Waals surface area (Å²) >= 11 is 18.1. The largest absolute Gasteiger partial charge is 0.392 e. The van der Waals surface area contributed by atoms with Crippen molar-refractivity contribution in [3.63, 3.8) is 0 Å². The number of halogens is 3. The van der Waals surface area contributed by atoms with Gasteiger partial charge in [-0.1, -0.05) is 40.9 Å². The second-order valence-corrected chi connectivity index (χ2v) is 4.62. The molecule has 0 aliphatic heterocycles. The Balaban J connectivity index is 2.55. The number of aromatic nitrogens is 1. The molecule has 0 bridgehead atoms. The van der Waals surface area contributed by atoms with E-state index in [1.807, 2.05) is 0 Å². The van der Waals surface area contributed by atoms with E-state index in [0.29, 0.717) is 26.3 Å². The van der Waals surface area contributed by atoms with E-state index in [-0.39, 0.29) is 6.61 Å². The SMILES string of the molecule is OCc1ccc(-c2c(Cl)ccc(Cl)c2Cl)nc1. The molecule has 0 unspecified atom stereocenters. The van der Waals surface area contributed by atoms with Gasteiger partial charge in [-0.05, 0) is 23.8 Å². The molecule has 0 saturated heterocycles. The first-order valence-electron chi connectivity index (χ1n) is 4.83. The van der Waals surface area contributed by atoms with E-state index >= 15 is 0 Å². The lowest BCUT2D eigenvalue weighted by molar-refractivity contribution is 0.281. The van der Waals surface area contributed by atoms with Crippen LogP contribution >= 0.6 is 34.8 Å². The van der Waals surface area contributed by atoms with E-state index in [0.717, 1.165) is 5.56 Å². The van der Waals surface area contributed by atoms with E-state index in [4.69, 9.17) is 39.9 Å². The van der Waals surface area contributed by atoms with Gasteiger partial charge in [-0.3, -0.25) is 4.98 Å². The number of nitrogens with zero attached hydrogens (tertiary/aromatic N) is 1. The molecule has 2 aromatic rings. The molecule has 2 rings (SSSR count). The van der Waals surface area contributed by atoms with Gasteiger partial charge >= 0.3 is 0 Å². The fraction of sp³-hybridized carbons (Fsp3) is 0.0833. The van der Waals surface area contributed by atoms with Crippen molar-refractivity contribution >= 4 is 34.8 Å². The number of rotatable bonds is 2. The molecule has 0 atom stereocenters. The Labute approximate surface area is 114 Å². The van der Waals surface area contributed by atoms with Crippen molar-refractivity contribution in [2.24, 2.45) is 0 Å². The molecule has 88 valence electrons. The fourth-order valence-electron chi connectivity index (χ4n) is 1.43. The molecule has 1 heterocycles. The zero-order valence-electron chi connectivity index (χ0n) is 8.62. The minimum atomic E-state index is -0.0513. The molecule has 1 N–H and O–H groups in total. The zero-order chi connectivity index (χ0) is 12.4. The molecule has 0 radical (unpaired) electrons. The van der Waals surface area contributed by atoms with Crippen molar-refractivity contribution in [1.82, 2.24) is 4.98 Å². The third kappa shape index (κ3) is 2.55. The van der Waals surface area contributed by atoms with Crippen LogP contribution in [0.2, 0.25) is 15.1 Å². The number of pyridine rings is 1. The predicted molar refractivity (Wildman–Crippen MR) is 70.6 cm³/mol. The molecule has 0 amide bonds. The van der Waals surface area contributed by atoms with Gasteiger partial charge in [0.2, 0.25) is 0 Å². The number of aliphatic hydroxyl groups excluding tert-OH is 1. The van der Waals surface area contributed by atoms with Gasteiger partial charge in [-0.2, -0.15) is 0 Å². The van der Waals surface area contributed by atoms with E-state index < -0.39 is 0 Å². The summed E-state index contributed by atoms with van der Waals surface area (Å²) in [4.78, 5) is 4.20. The number of aliphatic hydroxyl groups is 1. The van der Waals surface area contributed by atoms with Crippen LogP contribution in [0.5, 0.6) is 0 Å². The monoisotopic (exact) mass is 287 g/mol. The summed E-state index contributed by atoms with van der Waals surface area (Å²) in [5, 5.41) is 10.2. The van der Waals surface area contributed by atoms with Crippen molar-refractivity contribution < 1.29 is 5.11 Å². The minimum absolute atomic E-state index is 0.0513. The van der Waals surface area contributed by atoms with Crippen LogP contribution in [0.15, 0.2) is 30.5 Å². The van der Waals surface area contributed by atoms with Gasteiger partial charge in [-0.15, -0.1) is 0 Å². The van der Waals surface area contributed by atoms with Crippen molar-refractivity contribution in [2.75, 3.05) is 0 Å². The summed E-state index contributed by atoms with van der Waals surface area (Å²) in [6.07, 6.45) is 1.57. The van der Waals surface area contributed by atoms with Crippen LogP contribution in [0.25, 0.3) is 11.3 Å². The van der Waals surface area contributed by atoms with E-state index in [1.165, 1.54) is 0 Å². The van der Waals surface area contributed by atoms with E-state index in [1.54, 1.807) is 30.5 Å². The van der Waals surface area contributed by atoms with Crippen molar-refractivity contribution in [1.29, 1.82) is 0 Å². The summed E-state index contributed by atoms with van der Waals surface area (Å²) in [6.45, 7) is -0.0513. The molecule has 0 aliphatic carbocycles. The molecule has 1 aromatic carbocycles. The van der Waals surface area contributed by atoms with Gasteiger partial charge < -0.3 is 5.11 Å². The number of benzene rings is 1. The molecule has 0 fully saturated rings. The molecule has 5 heteroatoms. The molecule has 2 nitrogen and oxygen atoms in total. The third-order valence-electron chi connectivity index (χ3n) is 2.31. The second-order valence-electron chi connectivity index (χ2n) is 3.43. The molecular weight excluding hydrogens is 280 g/mol. The molecule has 17 heavy (non-hydrogen) atoms. The highest BCUT2D eigenvalue weighted by atomic mass is 35.5. The Morgan fingerprint density at radius 2 is 1.71 bits per heavy atom. The van der Waals surface area contributed by atoms with Crippen LogP contribution in [0.4, 0.5) is 0 Å². The lowest BCUT2D eigenvalue weighted by Gasteiger charge is -2.08. The summed E-state index contributed by atoms with van der Waals surface area (Å²) in [5.41, 5.74) is 1.95. The van der Waals surface area contributed by atoms with Gasteiger partial charge in [0, 0.05) is 11.8 Å². The quantitative estimate of drug-likeness (QED) is 0.840. The number of hydrogen-bond acceptors (Lipinski definition) is 2. The highest BCUT2D eigenvalue weighted by Crippen LogP contribution is 2.38. The lowest BCUT2D eigenvalue weighted by atomic mass is 10.1. The first-order valence-corrected chi connectivity index (χ1v) is 5.96. The molecule has 0 spiro atoms.